The second-order valence-electron chi connectivity index (χ2n) is 5.87. The lowest BCUT2D eigenvalue weighted by Crippen LogP contribution is -2.25. The Hall–Kier alpha value is -1.12. The van der Waals surface area contributed by atoms with Gasteiger partial charge in [0.15, 0.2) is 0 Å². The van der Waals surface area contributed by atoms with Crippen molar-refractivity contribution in [3.63, 3.8) is 0 Å². The molecule has 2 heteroatoms. The summed E-state index contributed by atoms with van der Waals surface area (Å²) in [5.74, 6) is 2.56. The molecule has 102 valence electrons. The van der Waals surface area contributed by atoms with Crippen LogP contribution < -0.4 is 5.32 Å². The van der Waals surface area contributed by atoms with Gasteiger partial charge in [0.1, 0.15) is 0 Å². The van der Waals surface area contributed by atoms with E-state index >= 15 is 0 Å². The fourth-order valence-electron chi connectivity index (χ4n) is 3.55. The summed E-state index contributed by atoms with van der Waals surface area (Å²) in [6.45, 7) is 2.80. The van der Waals surface area contributed by atoms with Crippen LogP contribution in [0.25, 0.3) is 0 Å². The average molecular weight is 257 g/mol. The van der Waals surface area contributed by atoms with Gasteiger partial charge in [0.2, 0.25) is 0 Å². The lowest BCUT2D eigenvalue weighted by atomic mass is 9.93. The Bertz CT molecular complexity index is 454. The van der Waals surface area contributed by atoms with Crippen molar-refractivity contribution in [3.8, 4) is 0 Å². The summed E-state index contributed by atoms with van der Waals surface area (Å²) in [5.41, 5.74) is 2.66. The number of methoxy groups -OCH3 is 1. The SMILES string of the molecule is COCc1ccccc1CNCC1CC2C=CC1C2. The van der Waals surface area contributed by atoms with Crippen molar-refractivity contribution < 1.29 is 4.74 Å². The first-order valence-electron chi connectivity index (χ1n) is 7.31. The third-order valence-electron chi connectivity index (χ3n) is 4.56. The van der Waals surface area contributed by atoms with Crippen LogP contribution in [0.1, 0.15) is 24.0 Å². The zero-order chi connectivity index (χ0) is 13.1. The maximum absolute atomic E-state index is 5.25. The Kier molecular flexibility index (Phi) is 4.00. The molecule has 3 rings (SSSR count). The molecule has 3 unspecified atom stereocenters. The fourth-order valence-corrected chi connectivity index (χ4v) is 3.55. The summed E-state index contributed by atoms with van der Waals surface area (Å²) in [4.78, 5) is 0. The highest BCUT2D eigenvalue weighted by atomic mass is 16.5. The molecule has 2 aliphatic carbocycles. The molecule has 2 bridgehead atoms. The molecule has 0 saturated heterocycles. The van der Waals surface area contributed by atoms with E-state index in [9.17, 15) is 0 Å². The van der Waals surface area contributed by atoms with E-state index in [4.69, 9.17) is 4.74 Å². The van der Waals surface area contributed by atoms with E-state index in [1.807, 2.05) is 0 Å². The van der Waals surface area contributed by atoms with Crippen molar-refractivity contribution in [2.45, 2.75) is 26.0 Å². The summed E-state index contributed by atoms with van der Waals surface area (Å²) >= 11 is 0. The second kappa shape index (κ2) is 5.89. The van der Waals surface area contributed by atoms with Gasteiger partial charge in [0.05, 0.1) is 6.61 Å². The third-order valence-corrected chi connectivity index (χ3v) is 4.56. The zero-order valence-corrected chi connectivity index (χ0v) is 11.6. The molecule has 0 spiro atoms. The number of ether oxygens (including phenoxy) is 1. The van der Waals surface area contributed by atoms with Crippen molar-refractivity contribution >= 4 is 0 Å². The quantitative estimate of drug-likeness (QED) is 0.791. The van der Waals surface area contributed by atoms with Gasteiger partial charge in [-0.15, -0.1) is 0 Å². The minimum Gasteiger partial charge on any atom is -0.380 e. The number of nitrogens with one attached hydrogen (secondary N) is 1. The van der Waals surface area contributed by atoms with Crippen LogP contribution in [0.5, 0.6) is 0 Å². The molecule has 1 aromatic carbocycles. The van der Waals surface area contributed by atoms with Crippen molar-refractivity contribution in [2.75, 3.05) is 13.7 Å². The Morgan fingerprint density at radius 1 is 1.16 bits per heavy atom. The highest BCUT2D eigenvalue weighted by molar-refractivity contribution is 5.26. The number of hydrogen-bond acceptors (Lipinski definition) is 2. The van der Waals surface area contributed by atoms with Crippen LogP contribution in [0.4, 0.5) is 0 Å². The largest absolute Gasteiger partial charge is 0.380 e. The van der Waals surface area contributed by atoms with E-state index in [1.54, 1.807) is 7.11 Å². The minimum atomic E-state index is 0.703. The predicted molar refractivity (Wildman–Crippen MR) is 77.7 cm³/mol. The maximum atomic E-state index is 5.25. The van der Waals surface area contributed by atoms with Gasteiger partial charge in [-0.2, -0.15) is 0 Å². The molecule has 2 aliphatic rings. The van der Waals surface area contributed by atoms with Crippen LogP contribution >= 0.6 is 0 Å². The first kappa shape index (κ1) is 12.9. The first-order chi connectivity index (χ1) is 9.36. The molecular formula is C17H23NO. The molecule has 19 heavy (non-hydrogen) atoms. The normalized spacial score (nSPS) is 28.2. The van der Waals surface area contributed by atoms with Gasteiger partial charge < -0.3 is 10.1 Å². The smallest absolute Gasteiger partial charge is 0.0716 e. The predicted octanol–water partition coefficient (Wildman–Crippen LogP) is 3.13. The summed E-state index contributed by atoms with van der Waals surface area (Å²) < 4.78 is 5.25. The number of benzene rings is 1. The lowest BCUT2D eigenvalue weighted by Gasteiger charge is -2.19. The maximum Gasteiger partial charge on any atom is 0.0716 e. The Morgan fingerprint density at radius 3 is 2.68 bits per heavy atom. The monoisotopic (exact) mass is 257 g/mol. The molecule has 1 saturated carbocycles. The van der Waals surface area contributed by atoms with Crippen molar-refractivity contribution in [1.29, 1.82) is 0 Å². The van der Waals surface area contributed by atoms with Crippen molar-refractivity contribution in [1.82, 2.24) is 5.32 Å². The molecule has 0 amide bonds. The third kappa shape index (κ3) is 2.90. The molecule has 0 aliphatic heterocycles. The van der Waals surface area contributed by atoms with Crippen LogP contribution in [0.2, 0.25) is 0 Å². The van der Waals surface area contributed by atoms with E-state index < -0.39 is 0 Å². The van der Waals surface area contributed by atoms with Gasteiger partial charge in [-0.05, 0) is 48.3 Å². The van der Waals surface area contributed by atoms with Gasteiger partial charge >= 0.3 is 0 Å². The van der Waals surface area contributed by atoms with E-state index in [0.717, 1.165) is 30.8 Å². The van der Waals surface area contributed by atoms with Gasteiger partial charge in [0.25, 0.3) is 0 Å². The standard InChI is InChI=1S/C17H23NO/c1-19-12-16-5-3-2-4-15(16)10-18-11-17-9-13-6-7-14(17)8-13/h2-7,13-14,17-18H,8-12H2,1H3. The molecule has 1 fully saturated rings. The Morgan fingerprint density at radius 2 is 2.00 bits per heavy atom. The Labute approximate surface area is 115 Å². The van der Waals surface area contributed by atoms with E-state index in [0.29, 0.717) is 6.61 Å². The van der Waals surface area contributed by atoms with E-state index in [-0.39, 0.29) is 0 Å². The summed E-state index contributed by atoms with van der Waals surface area (Å²) in [5, 5.41) is 3.64. The fraction of sp³-hybridized carbons (Fsp3) is 0.529. The minimum absolute atomic E-state index is 0.703. The highest BCUT2D eigenvalue weighted by Gasteiger charge is 2.34. The van der Waals surface area contributed by atoms with Crippen LogP contribution in [0.3, 0.4) is 0 Å². The Balaban J connectivity index is 1.51. The number of rotatable bonds is 6. The van der Waals surface area contributed by atoms with Crippen LogP contribution in [0, 0.1) is 17.8 Å². The topological polar surface area (TPSA) is 21.3 Å². The summed E-state index contributed by atoms with van der Waals surface area (Å²) in [7, 11) is 1.76. The van der Waals surface area contributed by atoms with Crippen LogP contribution in [-0.4, -0.2) is 13.7 Å². The first-order valence-corrected chi connectivity index (χ1v) is 7.31. The molecule has 0 aromatic heterocycles. The van der Waals surface area contributed by atoms with E-state index in [1.165, 1.54) is 24.0 Å². The second-order valence-corrected chi connectivity index (χ2v) is 5.87. The van der Waals surface area contributed by atoms with Crippen molar-refractivity contribution in [3.05, 3.63) is 47.5 Å². The van der Waals surface area contributed by atoms with Crippen molar-refractivity contribution in [2.24, 2.45) is 17.8 Å². The molecule has 1 N–H and O–H groups in total. The van der Waals surface area contributed by atoms with Crippen LogP contribution in [-0.2, 0) is 17.9 Å². The number of allylic oxidation sites excluding steroid dienone is 2. The molecule has 0 heterocycles. The highest BCUT2D eigenvalue weighted by Crippen LogP contribution is 2.42. The van der Waals surface area contributed by atoms with Gasteiger partial charge in [-0.25, -0.2) is 0 Å². The molecule has 1 aromatic rings. The van der Waals surface area contributed by atoms with Gasteiger partial charge in [0, 0.05) is 13.7 Å². The van der Waals surface area contributed by atoms with Gasteiger partial charge in [-0.3, -0.25) is 0 Å². The van der Waals surface area contributed by atoms with E-state index in [2.05, 4.69) is 41.7 Å². The van der Waals surface area contributed by atoms with Crippen LogP contribution in [0.15, 0.2) is 36.4 Å². The molecule has 0 radical (unpaired) electrons. The molecular weight excluding hydrogens is 234 g/mol. The average Bonchev–Trinajstić information content (AvgIpc) is 3.03. The summed E-state index contributed by atoms with van der Waals surface area (Å²) in [6.07, 6.45) is 7.62. The zero-order valence-electron chi connectivity index (χ0n) is 11.6. The molecule has 2 nitrogen and oxygen atoms in total. The van der Waals surface area contributed by atoms with Gasteiger partial charge in [-0.1, -0.05) is 36.4 Å². The molecule has 3 atom stereocenters. The number of fused-ring (bicyclic) bond motifs is 2. The summed E-state index contributed by atoms with van der Waals surface area (Å²) in [6, 6.07) is 8.54. The number of hydrogen-bond donors (Lipinski definition) is 1. The lowest BCUT2D eigenvalue weighted by molar-refractivity contribution is 0.184.